The number of hydrogen-bond donors (Lipinski definition) is 1. The molecule has 0 bridgehead atoms. The Morgan fingerprint density at radius 1 is 1.11 bits per heavy atom. The summed E-state index contributed by atoms with van der Waals surface area (Å²) in [6, 6.07) is 10.4. The summed E-state index contributed by atoms with van der Waals surface area (Å²) in [6.07, 6.45) is 9.65. The van der Waals surface area contributed by atoms with Crippen LogP contribution in [0.25, 0.3) is 0 Å². The number of carbonyl (C=O) groups is 1. The number of benzene rings is 1. The Morgan fingerprint density at radius 3 is 2.82 bits per heavy atom. The lowest BCUT2D eigenvalue weighted by molar-refractivity contribution is -0.123. The molecular weight excluding hydrogens is 350 g/mol. The first kappa shape index (κ1) is 17.7. The van der Waals surface area contributed by atoms with Crippen LogP contribution < -0.4 is 10.2 Å². The molecule has 1 unspecified atom stereocenters. The molecule has 2 aliphatic heterocycles. The third kappa shape index (κ3) is 3.28. The zero-order chi connectivity index (χ0) is 18.9. The van der Waals surface area contributed by atoms with E-state index in [0.717, 1.165) is 67.9 Å². The minimum absolute atomic E-state index is 0.131. The molecule has 146 valence electrons. The number of pyridine rings is 1. The molecule has 0 spiro atoms. The second kappa shape index (κ2) is 7.55. The van der Waals surface area contributed by atoms with E-state index in [-0.39, 0.29) is 17.9 Å². The largest absolute Gasteiger partial charge is 0.374 e. The van der Waals surface area contributed by atoms with Gasteiger partial charge in [-0.05, 0) is 49.4 Å². The van der Waals surface area contributed by atoms with Gasteiger partial charge in [-0.2, -0.15) is 0 Å². The third-order valence-electron chi connectivity index (χ3n) is 6.31. The summed E-state index contributed by atoms with van der Waals surface area (Å²) in [5.74, 6) is 1.22. The monoisotopic (exact) mass is 377 g/mol. The fourth-order valence-electron chi connectivity index (χ4n) is 4.75. The highest BCUT2D eigenvalue weighted by molar-refractivity contribution is 5.99. The standard InChI is InChI=1S/C23H27N3O2/c27-23(16-6-2-1-3-7-16)26-15-18-8-4-12-24-22(18)25-19-11-10-17(14-20(19)26)21-9-5-13-28-21/h4,8,10-12,14,16,21H,1-3,5-7,9,13,15H2,(H,24,25). The Bertz CT molecular complexity index is 870. The molecule has 1 aromatic carbocycles. The van der Waals surface area contributed by atoms with Gasteiger partial charge in [0.25, 0.3) is 0 Å². The van der Waals surface area contributed by atoms with Crippen molar-refractivity contribution in [3.8, 4) is 0 Å². The quantitative estimate of drug-likeness (QED) is 0.791. The first-order chi connectivity index (χ1) is 13.8. The number of aromatic nitrogens is 1. The molecule has 28 heavy (non-hydrogen) atoms. The molecule has 3 aliphatic rings. The van der Waals surface area contributed by atoms with E-state index < -0.39 is 0 Å². The maximum Gasteiger partial charge on any atom is 0.230 e. The van der Waals surface area contributed by atoms with Crippen molar-refractivity contribution >= 4 is 23.1 Å². The van der Waals surface area contributed by atoms with Crippen molar-refractivity contribution in [2.75, 3.05) is 16.8 Å². The fraction of sp³-hybridized carbons (Fsp3) is 0.478. The molecule has 5 heteroatoms. The van der Waals surface area contributed by atoms with E-state index in [1.54, 1.807) is 6.20 Å². The van der Waals surface area contributed by atoms with Crippen LogP contribution in [-0.4, -0.2) is 17.5 Å². The minimum atomic E-state index is 0.131. The Labute approximate surface area is 166 Å². The van der Waals surface area contributed by atoms with Crippen LogP contribution in [0.2, 0.25) is 0 Å². The SMILES string of the molecule is O=C(C1CCCCC1)N1Cc2cccnc2Nc2ccc(C3CCCO3)cc21. The third-order valence-corrected chi connectivity index (χ3v) is 6.31. The minimum Gasteiger partial charge on any atom is -0.374 e. The topological polar surface area (TPSA) is 54.5 Å². The molecular formula is C23H27N3O2. The van der Waals surface area contributed by atoms with Gasteiger partial charge in [0, 0.05) is 24.3 Å². The van der Waals surface area contributed by atoms with Crippen LogP contribution in [0.3, 0.4) is 0 Å². The molecule has 2 aromatic rings. The van der Waals surface area contributed by atoms with Crippen molar-refractivity contribution < 1.29 is 9.53 Å². The Balaban J connectivity index is 1.55. The fourth-order valence-corrected chi connectivity index (χ4v) is 4.75. The number of fused-ring (bicyclic) bond motifs is 2. The smallest absolute Gasteiger partial charge is 0.230 e. The number of rotatable bonds is 2. The number of ether oxygens (including phenoxy) is 1. The van der Waals surface area contributed by atoms with E-state index in [9.17, 15) is 4.79 Å². The van der Waals surface area contributed by atoms with Crippen molar-refractivity contribution in [1.82, 2.24) is 4.98 Å². The molecule has 1 aromatic heterocycles. The lowest BCUT2D eigenvalue weighted by atomic mass is 9.88. The summed E-state index contributed by atoms with van der Waals surface area (Å²) < 4.78 is 5.90. The maximum absolute atomic E-state index is 13.6. The number of nitrogens with one attached hydrogen (secondary N) is 1. The number of anilines is 3. The van der Waals surface area contributed by atoms with Gasteiger partial charge in [0.1, 0.15) is 5.82 Å². The summed E-state index contributed by atoms with van der Waals surface area (Å²) >= 11 is 0. The van der Waals surface area contributed by atoms with Crippen LogP contribution >= 0.6 is 0 Å². The van der Waals surface area contributed by atoms with Gasteiger partial charge in [-0.3, -0.25) is 4.79 Å². The van der Waals surface area contributed by atoms with Crippen LogP contribution in [0.5, 0.6) is 0 Å². The van der Waals surface area contributed by atoms with Gasteiger partial charge in [-0.15, -0.1) is 0 Å². The van der Waals surface area contributed by atoms with Crippen molar-refractivity contribution in [2.24, 2.45) is 5.92 Å². The molecule has 5 rings (SSSR count). The number of nitrogens with zero attached hydrogens (tertiary/aromatic N) is 2. The van der Waals surface area contributed by atoms with Crippen LogP contribution in [-0.2, 0) is 16.1 Å². The van der Waals surface area contributed by atoms with Gasteiger partial charge >= 0.3 is 0 Å². The van der Waals surface area contributed by atoms with Crippen LogP contribution in [0.4, 0.5) is 17.2 Å². The molecule has 1 aliphatic carbocycles. The molecule has 5 nitrogen and oxygen atoms in total. The van der Waals surface area contributed by atoms with Crippen LogP contribution in [0, 0.1) is 5.92 Å². The Kier molecular flexibility index (Phi) is 4.77. The second-order valence-electron chi connectivity index (χ2n) is 8.17. The first-order valence-corrected chi connectivity index (χ1v) is 10.6. The lowest BCUT2D eigenvalue weighted by Crippen LogP contribution is -2.36. The van der Waals surface area contributed by atoms with E-state index >= 15 is 0 Å². The van der Waals surface area contributed by atoms with Gasteiger partial charge < -0.3 is 15.0 Å². The van der Waals surface area contributed by atoms with E-state index in [1.807, 2.05) is 11.0 Å². The zero-order valence-corrected chi connectivity index (χ0v) is 16.2. The second-order valence-corrected chi connectivity index (χ2v) is 8.17. The van der Waals surface area contributed by atoms with Crippen molar-refractivity contribution in [3.63, 3.8) is 0 Å². The predicted octanol–water partition coefficient (Wildman–Crippen LogP) is 5.10. The highest BCUT2D eigenvalue weighted by atomic mass is 16.5. The van der Waals surface area contributed by atoms with Crippen molar-refractivity contribution in [1.29, 1.82) is 0 Å². The molecule has 1 saturated heterocycles. The highest BCUT2D eigenvalue weighted by Crippen LogP contribution is 2.40. The van der Waals surface area contributed by atoms with Gasteiger partial charge in [-0.1, -0.05) is 31.4 Å². The lowest BCUT2D eigenvalue weighted by Gasteiger charge is -2.30. The molecule has 1 N–H and O–H groups in total. The van der Waals surface area contributed by atoms with Crippen LogP contribution in [0.1, 0.15) is 62.2 Å². The van der Waals surface area contributed by atoms with Gasteiger partial charge in [-0.25, -0.2) is 4.98 Å². The van der Waals surface area contributed by atoms with Crippen molar-refractivity contribution in [2.45, 2.75) is 57.6 Å². The van der Waals surface area contributed by atoms with E-state index in [4.69, 9.17) is 4.74 Å². The van der Waals surface area contributed by atoms with Gasteiger partial charge in [0.05, 0.1) is 24.0 Å². The van der Waals surface area contributed by atoms with E-state index in [2.05, 4.69) is 34.6 Å². The predicted molar refractivity (Wildman–Crippen MR) is 110 cm³/mol. The summed E-state index contributed by atoms with van der Waals surface area (Å²) in [7, 11) is 0. The van der Waals surface area contributed by atoms with Gasteiger partial charge in [0.15, 0.2) is 0 Å². The number of amides is 1. The molecule has 3 heterocycles. The van der Waals surface area contributed by atoms with E-state index in [0.29, 0.717) is 6.54 Å². The summed E-state index contributed by atoms with van der Waals surface area (Å²) in [5, 5.41) is 3.46. The van der Waals surface area contributed by atoms with Crippen LogP contribution in [0.15, 0.2) is 36.5 Å². The average Bonchev–Trinajstić information content (AvgIpc) is 3.23. The highest BCUT2D eigenvalue weighted by Gasteiger charge is 2.31. The number of carbonyl (C=O) groups excluding carboxylic acids is 1. The number of hydrogen-bond acceptors (Lipinski definition) is 4. The summed E-state index contributed by atoms with van der Waals surface area (Å²) in [4.78, 5) is 20.1. The molecule has 1 atom stereocenters. The summed E-state index contributed by atoms with van der Waals surface area (Å²) in [5.41, 5.74) is 4.13. The van der Waals surface area contributed by atoms with E-state index in [1.165, 1.54) is 12.0 Å². The first-order valence-electron chi connectivity index (χ1n) is 10.6. The molecule has 0 radical (unpaired) electrons. The van der Waals surface area contributed by atoms with Gasteiger partial charge in [0.2, 0.25) is 5.91 Å². The Morgan fingerprint density at radius 2 is 2.00 bits per heavy atom. The summed E-state index contributed by atoms with van der Waals surface area (Å²) in [6.45, 7) is 1.38. The molecule has 2 fully saturated rings. The molecule has 1 saturated carbocycles. The maximum atomic E-state index is 13.6. The Hall–Kier alpha value is -2.40. The average molecular weight is 377 g/mol. The van der Waals surface area contributed by atoms with Crippen molar-refractivity contribution in [3.05, 3.63) is 47.7 Å². The normalized spacial score (nSPS) is 22.1. The zero-order valence-electron chi connectivity index (χ0n) is 16.2. The molecule has 1 amide bonds.